The second kappa shape index (κ2) is 5.09. The van der Waals surface area contributed by atoms with Crippen molar-refractivity contribution >= 4 is 28.6 Å². The summed E-state index contributed by atoms with van der Waals surface area (Å²) in [7, 11) is 0. The van der Waals surface area contributed by atoms with Gasteiger partial charge in [0.05, 0.1) is 22.0 Å². The van der Waals surface area contributed by atoms with Crippen molar-refractivity contribution in [3.05, 3.63) is 29.0 Å². The van der Waals surface area contributed by atoms with Gasteiger partial charge in [0.25, 0.3) is 0 Å². The molecule has 0 spiro atoms. The first-order valence-electron chi connectivity index (χ1n) is 7.01. The number of nitrogens with zero attached hydrogens (tertiary/aromatic N) is 2. The van der Waals surface area contributed by atoms with E-state index < -0.39 is 5.97 Å². The summed E-state index contributed by atoms with van der Waals surface area (Å²) in [5, 5.41) is 10.0. The molecule has 2 aromatic rings. The maximum atomic E-state index is 11.4. The van der Waals surface area contributed by atoms with Crippen LogP contribution in [0.15, 0.2) is 18.2 Å². The molecule has 1 N–H and O–H groups in total. The van der Waals surface area contributed by atoms with Crippen LogP contribution in [0, 0.1) is 5.92 Å². The summed E-state index contributed by atoms with van der Waals surface area (Å²) >= 11 is 6.28. The molecule has 1 aliphatic rings. The fourth-order valence-electron chi connectivity index (χ4n) is 3.33. The van der Waals surface area contributed by atoms with Gasteiger partial charge in [-0.05, 0) is 31.9 Å². The average Bonchev–Trinajstić information content (AvgIpc) is 3.02. The van der Waals surface area contributed by atoms with Crippen molar-refractivity contribution in [3.8, 4) is 0 Å². The van der Waals surface area contributed by atoms with Crippen molar-refractivity contribution in [3.63, 3.8) is 0 Å². The van der Waals surface area contributed by atoms with Gasteiger partial charge in [-0.1, -0.05) is 24.1 Å². The number of carbonyl (C=O) groups is 1. The fourth-order valence-corrected chi connectivity index (χ4v) is 3.60. The molecule has 0 aliphatic heterocycles. The maximum absolute atomic E-state index is 11.4. The molecule has 3 rings (SSSR count). The molecule has 0 bridgehead atoms. The van der Waals surface area contributed by atoms with E-state index >= 15 is 0 Å². The van der Waals surface area contributed by atoms with E-state index in [1.165, 1.54) is 0 Å². The first kappa shape index (κ1) is 13.4. The zero-order chi connectivity index (χ0) is 14.3. The summed E-state index contributed by atoms with van der Waals surface area (Å²) in [6, 6.07) is 5.66. The number of hydrogen-bond donors (Lipinski definition) is 1. The van der Waals surface area contributed by atoms with Crippen molar-refractivity contribution in [1.29, 1.82) is 0 Å². The number of carboxylic acids is 1. The van der Waals surface area contributed by atoms with Crippen LogP contribution in [0.3, 0.4) is 0 Å². The van der Waals surface area contributed by atoms with Crippen LogP contribution in [-0.2, 0) is 11.3 Å². The Bertz CT molecular complexity index is 665. The molecule has 1 saturated carbocycles. The second-order valence-electron chi connectivity index (χ2n) is 5.30. The highest BCUT2D eigenvalue weighted by Gasteiger charge is 2.37. The Balaban J connectivity index is 2.16. The predicted molar refractivity (Wildman–Crippen MR) is 78.1 cm³/mol. The lowest BCUT2D eigenvalue weighted by atomic mass is 9.95. The number of aryl methyl sites for hydroxylation is 1. The lowest BCUT2D eigenvalue weighted by molar-refractivity contribution is -0.142. The van der Waals surface area contributed by atoms with Crippen molar-refractivity contribution < 1.29 is 9.90 Å². The molecule has 1 aromatic heterocycles. The molecule has 0 saturated heterocycles. The number of hydrogen-bond acceptors (Lipinski definition) is 2. The van der Waals surface area contributed by atoms with Crippen LogP contribution in [-0.4, -0.2) is 20.6 Å². The van der Waals surface area contributed by atoms with Gasteiger partial charge in [0, 0.05) is 12.5 Å². The summed E-state index contributed by atoms with van der Waals surface area (Å²) in [5.74, 6) is -0.166. The molecule has 4 nitrogen and oxygen atoms in total. The zero-order valence-corrected chi connectivity index (χ0v) is 12.1. The molecular weight excluding hydrogens is 276 g/mol. The van der Waals surface area contributed by atoms with Crippen molar-refractivity contribution in [1.82, 2.24) is 9.55 Å². The number of para-hydroxylation sites is 1. The molecule has 1 aromatic carbocycles. The van der Waals surface area contributed by atoms with Gasteiger partial charge in [-0.15, -0.1) is 0 Å². The van der Waals surface area contributed by atoms with E-state index in [1.54, 1.807) is 0 Å². The van der Waals surface area contributed by atoms with Gasteiger partial charge in [0.1, 0.15) is 5.82 Å². The van der Waals surface area contributed by atoms with Crippen LogP contribution in [0.4, 0.5) is 0 Å². The van der Waals surface area contributed by atoms with E-state index in [4.69, 9.17) is 11.6 Å². The van der Waals surface area contributed by atoms with E-state index in [-0.39, 0.29) is 11.8 Å². The number of carboxylic acid groups (broad SMARTS) is 1. The minimum absolute atomic E-state index is 0.00378. The summed E-state index contributed by atoms with van der Waals surface area (Å²) in [5.41, 5.74) is 1.77. The van der Waals surface area contributed by atoms with E-state index in [2.05, 4.69) is 9.55 Å². The SMILES string of the molecule is CCn1c(C2CCCC2C(=O)O)nc2cccc(Cl)c21. The van der Waals surface area contributed by atoms with Crippen LogP contribution < -0.4 is 0 Å². The number of aliphatic carboxylic acids is 1. The fraction of sp³-hybridized carbons (Fsp3) is 0.467. The van der Waals surface area contributed by atoms with Gasteiger partial charge in [-0.3, -0.25) is 4.79 Å². The largest absolute Gasteiger partial charge is 0.481 e. The minimum Gasteiger partial charge on any atom is -0.481 e. The van der Waals surface area contributed by atoms with E-state index in [0.717, 1.165) is 42.7 Å². The van der Waals surface area contributed by atoms with Crippen molar-refractivity contribution in [2.24, 2.45) is 5.92 Å². The summed E-state index contributed by atoms with van der Waals surface area (Å²) in [6.07, 6.45) is 2.57. The Morgan fingerprint density at radius 3 is 3.00 bits per heavy atom. The van der Waals surface area contributed by atoms with Crippen LogP contribution in [0.1, 0.15) is 37.9 Å². The van der Waals surface area contributed by atoms with Crippen molar-refractivity contribution in [2.75, 3.05) is 0 Å². The first-order chi connectivity index (χ1) is 9.63. The van der Waals surface area contributed by atoms with Gasteiger partial charge in [0.15, 0.2) is 0 Å². The smallest absolute Gasteiger partial charge is 0.307 e. The molecule has 1 fully saturated rings. The summed E-state index contributed by atoms with van der Waals surface area (Å²) in [6.45, 7) is 2.79. The first-order valence-corrected chi connectivity index (χ1v) is 7.38. The number of halogens is 1. The molecule has 1 aliphatic carbocycles. The maximum Gasteiger partial charge on any atom is 0.307 e. The number of fused-ring (bicyclic) bond motifs is 1. The Labute approximate surface area is 122 Å². The van der Waals surface area contributed by atoms with Crippen LogP contribution in [0.5, 0.6) is 0 Å². The average molecular weight is 293 g/mol. The highest BCUT2D eigenvalue weighted by molar-refractivity contribution is 6.35. The predicted octanol–water partition coefficient (Wildman–Crippen LogP) is 3.68. The Hall–Kier alpha value is -1.55. The lowest BCUT2D eigenvalue weighted by Gasteiger charge is -2.17. The topological polar surface area (TPSA) is 55.1 Å². The normalized spacial score (nSPS) is 22.5. The van der Waals surface area contributed by atoms with Crippen molar-refractivity contribution in [2.45, 2.75) is 38.6 Å². The number of aromatic nitrogens is 2. The number of imidazole rings is 1. The highest BCUT2D eigenvalue weighted by atomic mass is 35.5. The third-order valence-corrected chi connectivity index (χ3v) is 4.53. The third-order valence-electron chi connectivity index (χ3n) is 4.23. The molecular formula is C15H17ClN2O2. The quantitative estimate of drug-likeness (QED) is 0.939. The molecule has 0 amide bonds. The standard InChI is InChI=1S/C15H17ClN2O2/c1-2-18-13-11(16)7-4-8-12(13)17-14(18)9-5-3-6-10(9)15(19)20/h4,7-10H,2-3,5-6H2,1H3,(H,19,20). The van der Waals surface area contributed by atoms with Gasteiger partial charge in [-0.25, -0.2) is 4.98 Å². The van der Waals surface area contributed by atoms with Gasteiger partial charge in [-0.2, -0.15) is 0 Å². The molecule has 2 atom stereocenters. The minimum atomic E-state index is -0.715. The summed E-state index contributed by atoms with van der Waals surface area (Å²) < 4.78 is 2.07. The lowest BCUT2D eigenvalue weighted by Crippen LogP contribution is -2.20. The molecule has 2 unspecified atom stereocenters. The monoisotopic (exact) mass is 292 g/mol. The summed E-state index contributed by atoms with van der Waals surface area (Å²) in [4.78, 5) is 16.1. The Kier molecular flexibility index (Phi) is 3.42. The molecule has 5 heteroatoms. The van der Waals surface area contributed by atoms with Gasteiger partial charge in [0.2, 0.25) is 0 Å². The van der Waals surface area contributed by atoms with Crippen LogP contribution in [0.25, 0.3) is 11.0 Å². The molecule has 0 radical (unpaired) electrons. The Morgan fingerprint density at radius 2 is 2.30 bits per heavy atom. The van der Waals surface area contributed by atoms with E-state index in [9.17, 15) is 9.90 Å². The highest BCUT2D eigenvalue weighted by Crippen LogP contribution is 2.41. The second-order valence-corrected chi connectivity index (χ2v) is 5.71. The van der Waals surface area contributed by atoms with Crippen LogP contribution >= 0.6 is 11.6 Å². The third kappa shape index (κ3) is 1.99. The van der Waals surface area contributed by atoms with Crippen LogP contribution in [0.2, 0.25) is 5.02 Å². The van der Waals surface area contributed by atoms with E-state index in [1.807, 2.05) is 25.1 Å². The van der Waals surface area contributed by atoms with Gasteiger partial charge < -0.3 is 9.67 Å². The zero-order valence-electron chi connectivity index (χ0n) is 11.3. The van der Waals surface area contributed by atoms with Gasteiger partial charge >= 0.3 is 5.97 Å². The molecule has 1 heterocycles. The number of benzene rings is 1. The number of rotatable bonds is 3. The molecule has 20 heavy (non-hydrogen) atoms. The molecule has 106 valence electrons. The van der Waals surface area contributed by atoms with E-state index in [0.29, 0.717) is 5.02 Å². The Morgan fingerprint density at radius 1 is 1.50 bits per heavy atom.